The normalized spacial score (nSPS) is 24.9. The lowest BCUT2D eigenvalue weighted by Crippen LogP contribution is -2.26. The van der Waals surface area contributed by atoms with E-state index in [0.717, 1.165) is 5.56 Å². The molecule has 4 heteroatoms. The average molecular weight is 205 g/mol. The molecule has 78 valence electrons. The van der Waals surface area contributed by atoms with Gasteiger partial charge in [0.25, 0.3) is 0 Å². The number of aliphatic carboxylic acids is 1. The topological polar surface area (TPSA) is 66.4 Å². The van der Waals surface area contributed by atoms with Crippen LogP contribution in [0.5, 0.6) is 0 Å². The summed E-state index contributed by atoms with van der Waals surface area (Å²) in [5.74, 6) is -2.65. The lowest BCUT2D eigenvalue weighted by Gasteiger charge is -2.12. The van der Waals surface area contributed by atoms with E-state index in [1.807, 2.05) is 30.3 Å². The van der Waals surface area contributed by atoms with Crippen molar-refractivity contribution in [1.82, 2.24) is 5.32 Å². The fourth-order valence-electron chi connectivity index (χ4n) is 1.92. The maximum atomic E-state index is 11.3. The first kappa shape index (κ1) is 9.71. The average Bonchev–Trinajstić information content (AvgIpc) is 2.61. The molecular weight excluding hydrogens is 194 g/mol. The molecule has 1 amide bonds. The van der Waals surface area contributed by atoms with Crippen molar-refractivity contribution in [2.75, 3.05) is 6.54 Å². The minimum atomic E-state index is -1.06. The van der Waals surface area contributed by atoms with Gasteiger partial charge in [-0.15, -0.1) is 0 Å². The SMILES string of the molecule is O=C(O)C1C(=O)NC[C@H]1c1ccccc1. The molecule has 1 aliphatic rings. The summed E-state index contributed by atoms with van der Waals surface area (Å²) in [6, 6.07) is 9.25. The highest BCUT2D eigenvalue weighted by Crippen LogP contribution is 2.28. The van der Waals surface area contributed by atoms with Gasteiger partial charge in [-0.2, -0.15) is 0 Å². The molecule has 4 nitrogen and oxygen atoms in total. The van der Waals surface area contributed by atoms with E-state index in [9.17, 15) is 9.59 Å². The lowest BCUT2D eigenvalue weighted by atomic mass is 9.89. The largest absolute Gasteiger partial charge is 0.481 e. The van der Waals surface area contributed by atoms with Crippen LogP contribution in [-0.4, -0.2) is 23.5 Å². The Kier molecular flexibility index (Phi) is 2.41. The Morgan fingerprint density at radius 2 is 2.00 bits per heavy atom. The molecule has 15 heavy (non-hydrogen) atoms. The first-order valence-corrected chi connectivity index (χ1v) is 4.75. The summed E-state index contributed by atoms with van der Waals surface area (Å²) in [4.78, 5) is 22.2. The highest BCUT2D eigenvalue weighted by atomic mass is 16.4. The first-order valence-electron chi connectivity index (χ1n) is 4.75. The summed E-state index contributed by atoms with van der Waals surface area (Å²) in [7, 11) is 0. The van der Waals surface area contributed by atoms with E-state index in [1.54, 1.807) is 0 Å². The number of benzene rings is 1. The van der Waals surface area contributed by atoms with Crippen molar-refractivity contribution in [3.8, 4) is 0 Å². The van der Waals surface area contributed by atoms with Gasteiger partial charge in [0.05, 0.1) is 0 Å². The Labute approximate surface area is 86.9 Å². The number of hydrogen-bond donors (Lipinski definition) is 2. The molecule has 0 radical (unpaired) electrons. The third-order valence-corrected chi connectivity index (χ3v) is 2.67. The zero-order chi connectivity index (χ0) is 10.8. The van der Waals surface area contributed by atoms with Crippen LogP contribution in [0.3, 0.4) is 0 Å². The number of carboxylic acid groups (broad SMARTS) is 1. The fraction of sp³-hybridized carbons (Fsp3) is 0.273. The molecule has 1 unspecified atom stereocenters. The number of carbonyl (C=O) groups is 2. The molecule has 0 aromatic heterocycles. The van der Waals surface area contributed by atoms with Crippen molar-refractivity contribution in [3.05, 3.63) is 35.9 Å². The monoisotopic (exact) mass is 205 g/mol. The number of carbonyl (C=O) groups excluding carboxylic acids is 1. The van der Waals surface area contributed by atoms with Gasteiger partial charge in [-0.25, -0.2) is 0 Å². The molecule has 1 aromatic rings. The predicted molar refractivity (Wildman–Crippen MR) is 53.3 cm³/mol. The van der Waals surface area contributed by atoms with Crippen molar-refractivity contribution < 1.29 is 14.7 Å². The summed E-state index contributed by atoms with van der Waals surface area (Å²) < 4.78 is 0. The molecule has 0 saturated carbocycles. The van der Waals surface area contributed by atoms with Crippen LogP contribution >= 0.6 is 0 Å². The number of amides is 1. The number of nitrogens with one attached hydrogen (secondary N) is 1. The minimum absolute atomic E-state index is 0.254. The van der Waals surface area contributed by atoms with Crippen LogP contribution in [0, 0.1) is 5.92 Å². The molecule has 1 aliphatic heterocycles. The Hall–Kier alpha value is -1.84. The third-order valence-electron chi connectivity index (χ3n) is 2.67. The molecule has 2 N–H and O–H groups in total. The minimum Gasteiger partial charge on any atom is -0.481 e. The quantitative estimate of drug-likeness (QED) is 0.695. The molecule has 1 fully saturated rings. The summed E-state index contributed by atoms with van der Waals surface area (Å²) >= 11 is 0. The van der Waals surface area contributed by atoms with Gasteiger partial charge >= 0.3 is 5.97 Å². The van der Waals surface area contributed by atoms with E-state index in [-0.39, 0.29) is 5.92 Å². The van der Waals surface area contributed by atoms with Crippen molar-refractivity contribution in [3.63, 3.8) is 0 Å². The standard InChI is InChI=1S/C11H11NO3/c13-10-9(11(14)15)8(6-12-10)7-4-2-1-3-5-7/h1-5,8-9H,6H2,(H,12,13)(H,14,15)/t8-,9?/m0/s1. The predicted octanol–water partition coefficient (Wildman–Crippen LogP) is 0.601. The van der Waals surface area contributed by atoms with Gasteiger partial charge in [0.15, 0.2) is 0 Å². The molecule has 1 saturated heterocycles. The van der Waals surface area contributed by atoms with Gasteiger partial charge < -0.3 is 10.4 Å². The van der Waals surface area contributed by atoms with Crippen LogP contribution in [0.2, 0.25) is 0 Å². The molecule has 0 aliphatic carbocycles. The number of carboxylic acids is 1. The van der Waals surface area contributed by atoms with Crippen LogP contribution < -0.4 is 5.32 Å². The van der Waals surface area contributed by atoms with Gasteiger partial charge in [0.2, 0.25) is 5.91 Å². The number of hydrogen-bond acceptors (Lipinski definition) is 2. The Morgan fingerprint density at radius 1 is 1.33 bits per heavy atom. The second kappa shape index (κ2) is 3.73. The zero-order valence-corrected chi connectivity index (χ0v) is 8.01. The molecule has 0 bridgehead atoms. The summed E-state index contributed by atoms with van der Waals surface area (Å²) in [6.07, 6.45) is 0. The van der Waals surface area contributed by atoms with Gasteiger partial charge in [0, 0.05) is 12.5 Å². The second-order valence-electron chi connectivity index (χ2n) is 3.58. The smallest absolute Gasteiger partial charge is 0.316 e. The van der Waals surface area contributed by atoms with E-state index in [2.05, 4.69) is 5.32 Å². The Balaban J connectivity index is 2.30. The van der Waals surface area contributed by atoms with Gasteiger partial charge in [0.1, 0.15) is 5.92 Å². The van der Waals surface area contributed by atoms with Crippen LogP contribution in [-0.2, 0) is 9.59 Å². The maximum Gasteiger partial charge on any atom is 0.316 e. The van der Waals surface area contributed by atoms with E-state index in [4.69, 9.17) is 5.11 Å². The molecule has 1 aromatic carbocycles. The van der Waals surface area contributed by atoms with E-state index < -0.39 is 17.8 Å². The Morgan fingerprint density at radius 3 is 2.60 bits per heavy atom. The van der Waals surface area contributed by atoms with Crippen molar-refractivity contribution in [2.24, 2.45) is 5.92 Å². The van der Waals surface area contributed by atoms with E-state index in [0.29, 0.717) is 6.54 Å². The van der Waals surface area contributed by atoms with E-state index >= 15 is 0 Å². The molecule has 0 spiro atoms. The van der Waals surface area contributed by atoms with E-state index in [1.165, 1.54) is 0 Å². The van der Waals surface area contributed by atoms with Crippen LogP contribution in [0.15, 0.2) is 30.3 Å². The van der Waals surface area contributed by atoms with Crippen molar-refractivity contribution in [2.45, 2.75) is 5.92 Å². The Bertz CT molecular complexity index is 388. The molecule has 2 atom stereocenters. The van der Waals surface area contributed by atoms with Crippen LogP contribution in [0.25, 0.3) is 0 Å². The van der Waals surface area contributed by atoms with Crippen LogP contribution in [0.4, 0.5) is 0 Å². The highest BCUT2D eigenvalue weighted by molar-refractivity contribution is 5.99. The van der Waals surface area contributed by atoms with Crippen LogP contribution in [0.1, 0.15) is 11.5 Å². The molecule has 2 rings (SSSR count). The lowest BCUT2D eigenvalue weighted by molar-refractivity contribution is -0.145. The van der Waals surface area contributed by atoms with Gasteiger partial charge in [-0.3, -0.25) is 9.59 Å². The first-order chi connectivity index (χ1) is 7.20. The van der Waals surface area contributed by atoms with Crippen molar-refractivity contribution >= 4 is 11.9 Å². The fourth-order valence-corrected chi connectivity index (χ4v) is 1.92. The molecular formula is C11H11NO3. The zero-order valence-electron chi connectivity index (χ0n) is 8.01. The van der Waals surface area contributed by atoms with Crippen molar-refractivity contribution in [1.29, 1.82) is 0 Å². The summed E-state index contributed by atoms with van der Waals surface area (Å²) in [5.41, 5.74) is 0.892. The number of rotatable bonds is 2. The third kappa shape index (κ3) is 1.70. The highest BCUT2D eigenvalue weighted by Gasteiger charge is 2.40. The van der Waals surface area contributed by atoms with Gasteiger partial charge in [-0.1, -0.05) is 30.3 Å². The summed E-state index contributed by atoms with van der Waals surface area (Å²) in [6.45, 7) is 0.403. The molecule has 1 heterocycles. The van der Waals surface area contributed by atoms with Gasteiger partial charge in [-0.05, 0) is 5.56 Å². The second-order valence-corrected chi connectivity index (χ2v) is 3.58. The maximum absolute atomic E-state index is 11.3. The summed E-state index contributed by atoms with van der Waals surface area (Å²) in [5, 5.41) is 11.5.